The SMILES string of the molecule is Cc1cccc(CCNCc2ccc(Br)c([N+](=O)[O-])c2)c1. The van der Waals surface area contributed by atoms with Crippen LogP contribution in [0.25, 0.3) is 0 Å². The molecule has 0 amide bonds. The molecule has 2 aromatic rings. The summed E-state index contributed by atoms with van der Waals surface area (Å²) in [5.41, 5.74) is 3.57. The van der Waals surface area contributed by atoms with E-state index >= 15 is 0 Å². The lowest BCUT2D eigenvalue weighted by molar-refractivity contribution is -0.385. The summed E-state index contributed by atoms with van der Waals surface area (Å²) in [6.07, 6.45) is 0.945. The van der Waals surface area contributed by atoms with Gasteiger partial charge in [-0.2, -0.15) is 0 Å². The number of nitrogens with one attached hydrogen (secondary N) is 1. The van der Waals surface area contributed by atoms with Crippen molar-refractivity contribution >= 4 is 21.6 Å². The van der Waals surface area contributed by atoms with Gasteiger partial charge in [-0.15, -0.1) is 0 Å². The van der Waals surface area contributed by atoms with E-state index in [1.165, 1.54) is 11.1 Å². The van der Waals surface area contributed by atoms with E-state index in [0.29, 0.717) is 11.0 Å². The Balaban J connectivity index is 1.86. The van der Waals surface area contributed by atoms with Crippen LogP contribution in [0.2, 0.25) is 0 Å². The first-order valence-corrected chi connectivity index (χ1v) is 7.54. The lowest BCUT2D eigenvalue weighted by atomic mass is 10.1. The van der Waals surface area contributed by atoms with E-state index in [1.807, 2.05) is 6.07 Å². The van der Waals surface area contributed by atoms with E-state index in [-0.39, 0.29) is 10.6 Å². The minimum absolute atomic E-state index is 0.105. The fourth-order valence-electron chi connectivity index (χ4n) is 2.14. The predicted octanol–water partition coefficient (Wildman–Crippen LogP) is 4.00. The van der Waals surface area contributed by atoms with Gasteiger partial charge in [0.1, 0.15) is 0 Å². The van der Waals surface area contributed by atoms with Crippen molar-refractivity contribution in [2.75, 3.05) is 6.54 Å². The number of aryl methyl sites for hydroxylation is 1. The maximum atomic E-state index is 10.9. The van der Waals surface area contributed by atoms with Crippen LogP contribution in [0.5, 0.6) is 0 Å². The molecule has 0 saturated carbocycles. The summed E-state index contributed by atoms with van der Waals surface area (Å²) in [6.45, 7) is 3.55. The number of halogens is 1. The Morgan fingerprint density at radius 1 is 1.19 bits per heavy atom. The van der Waals surface area contributed by atoms with Crippen LogP contribution < -0.4 is 5.32 Å². The highest BCUT2D eigenvalue weighted by Crippen LogP contribution is 2.25. The van der Waals surface area contributed by atoms with Crippen LogP contribution in [0.15, 0.2) is 46.9 Å². The van der Waals surface area contributed by atoms with Crippen molar-refractivity contribution in [3.05, 3.63) is 73.7 Å². The van der Waals surface area contributed by atoms with Gasteiger partial charge >= 0.3 is 0 Å². The number of nitrogens with zero attached hydrogens (tertiary/aromatic N) is 1. The molecular formula is C16H17BrN2O2. The molecule has 5 heteroatoms. The Bertz CT molecular complexity index is 644. The smallest absolute Gasteiger partial charge is 0.283 e. The number of rotatable bonds is 6. The van der Waals surface area contributed by atoms with Gasteiger partial charge < -0.3 is 5.32 Å². The largest absolute Gasteiger partial charge is 0.312 e. The number of hydrogen-bond donors (Lipinski definition) is 1. The zero-order valence-electron chi connectivity index (χ0n) is 11.8. The Morgan fingerprint density at radius 3 is 2.71 bits per heavy atom. The van der Waals surface area contributed by atoms with E-state index in [0.717, 1.165) is 18.5 Å². The van der Waals surface area contributed by atoms with Crippen LogP contribution in [0.4, 0.5) is 5.69 Å². The second-order valence-electron chi connectivity index (χ2n) is 4.96. The van der Waals surface area contributed by atoms with Crippen molar-refractivity contribution < 1.29 is 4.92 Å². The minimum atomic E-state index is -0.375. The molecule has 2 rings (SSSR count). The first kappa shape index (κ1) is 15.7. The maximum Gasteiger partial charge on any atom is 0.283 e. The number of hydrogen-bond acceptors (Lipinski definition) is 3. The highest BCUT2D eigenvalue weighted by molar-refractivity contribution is 9.10. The van der Waals surface area contributed by atoms with E-state index < -0.39 is 0 Å². The standard InChI is InChI=1S/C16H17BrN2O2/c1-12-3-2-4-13(9-12)7-8-18-11-14-5-6-15(17)16(10-14)19(20)21/h2-6,9-10,18H,7-8,11H2,1H3. The molecule has 0 atom stereocenters. The van der Waals surface area contributed by atoms with Gasteiger partial charge in [0.2, 0.25) is 0 Å². The third-order valence-corrected chi connectivity index (χ3v) is 3.88. The predicted molar refractivity (Wildman–Crippen MR) is 87.4 cm³/mol. The summed E-state index contributed by atoms with van der Waals surface area (Å²) < 4.78 is 0.510. The second kappa shape index (κ2) is 7.33. The van der Waals surface area contributed by atoms with E-state index in [2.05, 4.69) is 52.4 Å². The molecular weight excluding hydrogens is 332 g/mol. The molecule has 110 valence electrons. The van der Waals surface area contributed by atoms with Crippen molar-refractivity contribution in [3.8, 4) is 0 Å². The average molecular weight is 349 g/mol. The number of nitro benzene ring substituents is 1. The minimum Gasteiger partial charge on any atom is -0.312 e. The van der Waals surface area contributed by atoms with Gasteiger partial charge in [0, 0.05) is 12.6 Å². The molecule has 0 radical (unpaired) electrons. The number of benzene rings is 2. The van der Waals surface area contributed by atoms with Crippen LogP contribution in [0.3, 0.4) is 0 Å². The van der Waals surface area contributed by atoms with Crippen LogP contribution in [-0.2, 0) is 13.0 Å². The first-order chi connectivity index (χ1) is 10.1. The molecule has 4 nitrogen and oxygen atoms in total. The third kappa shape index (κ3) is 4.65. The summed E-state index contributed by atoms with van der Waals surface area (Å²) in [6, 6.07) is 13.6. The zero-order valence-corrected chi connectivity index (χ0v) is 13.4. The van der Waals surface area contributed by atoms with E-state index in [1.54, 1.807) is 12.1 Å². The normalized spacial score (nSPS) is 10.6. The Kier molecular flexibility index (Phi) is 5.47. The zero-order chi connectivity index (χ0) is 15.2. The van der Waals surface area contributed by atoms with Crippen molar-refractivity contribution in [2.45, 2.75) is 19.9 Å². The van der Waals surface area contributed by atoms with Gasteiger partial charge in [0.25, 0.3) is 5.69 Å². The van der Waals surface area contributed by atoms with E-state index in [9.17, 15) is 10.1 Å². The van der Waals surface area contributed by atoms with Crippen LogP contribution in [0.1, 0.15) is 16.7 Å². The second-order valence-corrected chi connectivity index (χ2v) is 5.81. The molecule has 1 N–H and O–H groups in total. The van der Waals surface area contributed by atoms with Crippen molar-refractivity contribution in [2.24, 2.45) is 0 Å². The first-order valence-electron chi connectivity index (χ1n) is 6.75. The van der Waals surface area contributed by atoms with Gasteiger partial charge in [-0.05, 0) is 53.0 Å². The molecule has 0 spiro atoms. The Morgan fingerprint density at radius 2 is 2.00 bits per heavy atom. The topological polar surface area (TPSA) is 55.2 Å². The molecule has 2 aromatic carbocycles. The lowest BCUT2D eigenvalue weighted by Gasteiger charge is -2.06. The fourth-order valence-corrected chi connectivity index (χ4v) is 2.53. The summed E-state index contributed by atoms with van der Waals surface area (Å²) in [4.78, 5) is 10.5. The van der Waals surface area contributed by atoms with E-state index in [4.69, 9.17) is 0 Å². The highest BCUT2D eigenvalue weighted by Gasteiger charge is 2.11. The quantitative estimate of drug-likeness (QED) is 0.487. The molecule has 0 aliphatic heterocycles. The molecule has 0 fully saturated rings. The van der Waals surface area contributed by atoms with Crippen molar-refractivity contribution in [1.82, 2.24) is 5.32 Å². The lowest BCUT2D eigenvalue weighted by Crippen LogP contribution is -2.16. The van der Waals surface area contributed by atoms with Gasteiger partial charge in [0.15, 0.2) is 0 Å². The van der Waals surface area contributed by atoms with Crippen LogP contribution in [0, 0.1) is 17.0 Å². The summed E-state index contributed by atoms with van der Waals surface area (Å²) in [5.74, 6) is 0. The van der Waals surface area contributed by atoms with Crippen molar-refractivity contribution in [1.29, 1.82) is 0 Å². The molecule has 0 aromatic heterocycles. The van der Waals surface area contributed by atoms with Gasteiger partial charge in [0.05, 0.1) is 9.40 Å². The molecule has 0 aliphatic carbocycles. The monoisotopic (exact) mass is 348 g/mol. The average Bonchev–Trinajstić information content (AvgIpc) is 2.45. The molecule has 0 heterocycles. The summed E-state index contributed by atoms with van der Waals surface area (Å²) in [5, 5.41) is 14.2. The van der Waals surface area contributed by atoms with Gasteiger partial charge in [-0.1, -0.05) is 35.9 Å². The summed E-state index contributed by atoms with van der Waals surface area (Å²) >= 11 is 3.19. The molecule has 0 aliphatic rings. The molecule has 0 saturated heterocycles. The van der Waals surface area contributed by atoms with Crippen LogP contribution in [-0.4, -0.2) is 11.5 Å². The maximum absolute atomic E-state index is 10.9. The van der Waals surface area contributed by atoms with Gasteiger partial charge in [-0.25, -0.2) is 0 Å². The molecule has 0 unspecified atom stereocenters. The number of nitro groups is 1. The molecule has 21 heavy (non-hydrogen) atoms. The third-order valence-electron chi connectivity index (χ3n) is 3.21. The van der Waals surface area contributed by atoms with Crippen molar-refractivity contribution in [3.63, 3.8) is 0 Å². The summed E-state index contributed by atoms with van der Waals surface area (Å²) in [7, 11) is 0. The highest BCUT2D eigenvalue weighted by atomic mass is 79.9. The fraction of sp³-hybridized carbons (Fsp3) is 0.250. The Labute approximate surface area is 132 Å². The van der Waals surface area contributed by atoms with Gasteiger partial charge in [-0.3, -0.25) is 10.1 Å². The molecule has 0 bridgehead atoms. The van der Waals surface area contributed by atoms with Crippen LogP contribution >= 0.6 is 15.9 Å². The Hall–Kier alpha value is -1.72.